The molecule has 0 aliphatic rings. The number of nitrogens with zero attached hydrogens (tertiary/aromatic N) is 2. The number of benzene rings is 1. The van der Waals surface area contributed by atoms with Crippen molar-refractivity contribution in [2.24, 2.45) is 0 Å². The number of carbonyl (C=O) groups excluding carboxylic acids is 1. The van der Waals surface area contributed by atoms with Crippen molar-refractivity contribution in [3.63, 3.8) is 0 Å². The molecule has 2 aromatic rings. The van der Waals surface area contributed by atoms with Crippen LogP contribution in [0.3, 0.4) is 0 Å². The predicted molar refractivity (Wildman–Crippen MR) is 87.2 cm³/mol. The van der Waals surface area contributed by atoms with Crippen LogP contribution in [0, 0.1) is 10.5 Å². The van der Waals surface area contributed by atoms with Crippen LogP contribution in [0.15, 0.2) is 29.2 Å². The summed E-state index contributed by atoms with van der Waals surface area (Å²) >= 11 is 1.93. The van der Waals surface area contributed by atoms with Gasteiger partial charge in [-0.25, -0.2) is 9.78 Å². The number of carbonyl (C=O) groups is 1. The number of halogens is 1. The number of rotatable bonds is 3. The van der Waals surface area contributed by atoms with E-state index in [4.69, 9.17) is 10.5 Å². The Bertz CT molecular complexity index is 756. The number of aryl methyl sites for hydroxylation is 1. The smallest absolute Gasteiger partial charge is 0.340 e. The molecule has 0 amide bonds. The molecule has 21 heavy (non-hydrogen) atoms. The van der Waals surface area contributed by atoms with Crippen molar-refractivity contribution in [3.05, 3.63) is 55.3 Å². The van der Waals surface area contributed by atoms with Gasteiger partial charge in [0.2, 0.25) is 0 Å². The monoisotopic (exact) mass is 399 g/mol. The fourth-order valence-corrected chi connectivity index (χ4v) is 2.44. The quantitative estimate of drug-likeness (QED) is 0.481. The molecule has 0 fully saturated rings. The molecule has 0 bridgehead atoms. The number of hydrogen-bond donors (Lipinski definition) is 1. The third-order valence-corrected chi connectivity index (χ3v) is 3.85. The first-order valence-corrected chi connectivity index (χ1v) is 7.21. The molecular weight excluding hydrogens is 385 g/mol. The Hall–Kier alpha value is -1.90. The van der Waals surface area contributed by atoms with Crippen LogP contribution in [0.4, 0.5) is 5.69 Å². The lowest BCUT2D eigenvalue weighted by atomic mass is 10.1. The predicted octanol–water partition coefficient (Wildman–Crippen LogP) is 1.57. The Morgan fingerprint density at radius 3 is 2.86 bits per heavy atom. The maximum atomic E-state index is 12.2. The van der Waals surface area contributed by atoms with Gasteiger partial charge >= 0.3 is 5.97 Å². The molecule has 110 valence electrons. The molecule has 1 aromatic heterocycles. The molecule has 2 N–H and O–H groups in total. The van der Waals surface area contributed by atoms with Crippen LogP contribution < -0.4 is 11.3 Å². The zero-order valence-electron chi connectivity index (χ0n) is 11.6. The van der Waals surface area contributed by atoms with Gasteiger partial charge in [-0.05, 0) is 41.1 Å². The van der Waals surface area contributed by atoms with Gasteiger partial charge in [0, 0.05) is 11.9 Å². The second-order valence-corrected chi connectivity index (χ2v) is 5.58. The van der Waals surface area contributed by atoms with E-state index in [0.717, 1.165) is 0 Å². The van der Waals surface area contributed by atoms with Gasteiger partial charge in [0.15, 0.2) is 0 Å². The van der Waals surface area contributed by atoms with Gasteiger partial charge in [-0.3, -0.25) is 9.36 Å². The normalized spacial score (nSPS) is 10.4. The minimum atomic E-state index is -0.521. The number of nitrogens with two attached hydrogens (primary N) is 1. The van der Waals surface area contributed by atoms with Crippen molar-refractivity contribution in [1.29, 1.82) is 0 Å². The topological polar surface area (TPSA) is 87.2 Å². The van der Waals surface area contributed by atoms with Gasteiger partial charge in [-0.2, -0.15) is 0 Å². The van der Waals surface area contributed by atoms with Crippen molar-refractivity contribution in [1.82, 2.24) is 9.55 Å². The lowest BCUT2D eigenvalue weighted by molar-refractivity contribution is 0.0600. The highest BCUT2D eigenvalue weighted by atomic mass is 127. The fourth-order valence-electron chi connectivity index (χ4n) is 2.01. The highest BCUT2D eigenvalue weighted by Gasteiger charge is 2.17. The number of aromatic nitrogens is 2. The van der Waals surface area contributed by atoms with Crippen LogP contribution >= 0.6 is 22.6 Å². The molecular formula is C14H14IN3O3. The first-order chi connectivity index (χ1) is 9.95. The van der Waals surface area contributed by atoms with Crippen LogP contribution in [0.25, 0.3) is 0 Å². The van der Waals surface area contributed by atoms with E-state index in [1.54, 1.807) is 25.1 Å². The van der Waals surface area contributed by atoms with E-state index in [1.807, 2.05) is 22.6 Å². The molecule has 7 heteroatoms. The van der Waals surface area contributed by atoms with E-state index in [-0.39, 0.29) is 17.7 Å². The Balaban J connectivity index is 2.56. The van der Waals surface area contributed by atoms with Crippen LogP contribution in [0.1, 0.15) is 21.7 Å². The van der Waals surface area contributed by atoms with E-state index in [2.05, 4.69) is 4.98 Å². The van der Waals surface area contributed by atoms with Crippen LogP contribution in [0.5, 0.6) is 0 Å². The van der Waals surface area contributed by atoms with Crippen LogP contribution in [-0.4, -0.2) is 22.6 Å². The summed E-state index contributed by atoms with van der Waals surface area (Å²) in [5.74, 6) is 0.0473. The van der Waals surface area contributed by atoms with E-state index in [0.29, 0.717) is 20.6 Å². The highest BCUT2D eigenvalue weighted by Crippen LogP contribution is 2.19. The average Bonchev–Trinajstić information content (AvgIpc) is 2.47. The minimum Gasteiger partial charge on any atom is -0.465 e. The number of esters is 1. The van der Waals surface area contributed by atoms with Crippen molar-refractivity contribution in [2.75, 3.05) is 12.8 Å². The zero-order valence-corrected chi connectivity index (χ0v) is 13.7. The molecule has 0 saturated carbocycles. The van der Waals surface area contributed by atoms with E-state index in [9.17, 15) is 9.59 Å². The van der Waals surface area contributed by atoms with Gasteiger partial charge in [0.25, 0.3) is 5.56 Å². The number of nitrogen functional groups attached to an aromatic ring is 1. The Morgan fingerprint density at radius 1 is 1.48 bits per heavy atom. The third kappa shape index (κ3) is 3.07. The molecule has 0 aliphatic carbocycles. The van der Waals surface area contributed by atoms with Gasteiger partial charge in [-0.15, -0.1) is 0 Å². The number of methoxy groups -OCH3 is 1. The maximum Gasteiger partial charge on any atom is 0.340 e. The van der Waals surface area contributed by atoms with Crippen molar-refractivity contribution in [2.45, 2.75) is 13.5 Å². The molecule has 1 aromatic carbocycles. The molecule has 0 spiro atoms. The summed E-state index contributed by atoms with van der Waals surface area (Å²) in [4.78, 5) is 28.2. The summed E-state index contributed by atoms with van der Waals surface area (Å²) in [5, 5.41) is 0. The highest BCUT2D eigenvalue weighted by molar-refractivity contribution is 14.1. The summed E-state index contributed by atoms with van der Waals surface area (Å²) in [6.07, 6.45) is 1.52. The fraction of sp³-hybridized carbons (Fsp3) is 0.214. The third-order valence-electron chi connectivity index (χ3n) is 3.11. The molecule has 0 unspecified atom stereocenters. The van der Waals surface area contributed by atoms with Crippen molar-refractivity contribution >= 4 is 34.2 Å². The second-order valence-electron chi connectivity index (χ2n) is 4.42. The standard InChI is InChI=1S/C14H14IN3O3/c1-8-17-6-10(15)13(19)18(8)7-9-4-3-5-11(16)12(9)14(20)21-2/h3-6H,7,16H2,1-2H3. The number of hydrogen-bond acceptors (Lipinski definition) is 5. The minimum absolute atomic E-state index is 0.152. The lowest BCUT2D eigenvalue weighted by Gasteiger charge is -2.13. The summed E-state index contributed by atoms with van der Waals surface area (Å²) in [5.41, 5.74) is 6.93. The average molecular weight is 399 g/mol. The first kappa shape index (κ1) is 15.5. The summed E-state index contributed by atoms with van der Waals surface area (Å²) < 4.78 is 6.77. The number of anilines is 1. The largest absolute Gasteiger partial charge is 0.465 e. The second kappa shape index (κ2) is 6.25. The summed E-state index contributed by atoms with van der Waals surface area (Å²) in [6.45, 7) is 1.95. The van der Waals surface area contributed by atoms with Gasteiger partial charge in [-0.1, -0.05) is 12.1 Å². The van der Waals surface area contributed by atoms with Crippen molar-refractivity contribution < 1.29 is 9.53 Å². The molecule has 0 radical (unpaired) electrons. The van der Waals surface area contributed by atoms with E-state index < -0.39 is 5.97 Å². The van der Waals surface area contributed by atoms with E-state index >= 15 is 0 Å². The Labute approximate surface area is 135 Å². The Morgan fingerprint density at radius 2 is 2.19 bits per heavy atom. The van der Waals surface area contributed by atoms with Gasteiger partial charge in [0.1, 0.15) is 5.82 Å². The molecule has 1 heterocycles. The molecule has 2 rings (SSSR count). The first-order valence-electron chi connectivity index (χ1n) is 6.13. The van der Waals surface area contributed by atoms with Crippen LogP contribution in [0.2, 0.25) is 0 Å². The lowest BCUT2D eigenvalue weighted by Crippen LogP contribution is -2.27. The SMILES string of the molecule is COC(=O)c1c(N)cccc1Cn1c(C)ncc(I)c1=O. The van der Waals surface area contributed by atoms with Gasteiger partial charge in [0.05, 0.1) is 22.8 Å². The summed E-state index contributed by atoms with van der Waals surface area (Å²) in [7, 11) is 1.29. The van der Waals surface area contributed by atoms with Crippen molar-refractivity contribution in [3.8, 4) is 0 Å². The summed E-state index contributed by atoms with van der Waals surface area (Å²) in [6, 6.07) is 5.10. The molecule has 0 aliphatic heterocycles. The van der Waals surface area contributed by atoms with Crippen LogP contribution in [-0.2, 0) is 11.3 Å². The maximum absolute atomic E-state index is 12.2. The van der Waals surface area contributed by atoms with Gasteiger partial charge < -0.3 is 10.5 Å². The molecule has 6 nitrogen and oxygen atoms in total. The zero-order chi connectivity index (χ0) is 15.6. The number of ether oxygens (including phenoxy) is 1. The molecule has 0 atom stereocenters. The van der Waals surface area contributed by atoms with E-state index in [1.165, 1.54) is 17.9 Å². The molecule has 0 saturated heterocycles. The Kier molecular flexibility index (Phi) is 4.61.